The lowest BCUT2D eigenvalue weighted by Gasteiger charge is -2.29. The highest BCUT2D eigenvalue weighted by atomic mass is 32.1. The van der Waals surface area contributed by atoms with Gasteiger partial charge in [-0.3, -0.25) is 5.32 Å². The molecule has 2 amide bonds. The fraction of sp³-hybridized carbons (Fsp3) is 0.522. The first-order valence-electron chi connectivity index (χ1n) is 11.6. The van der Waals surface area contributed by atoms with E-state index in [1.54, 1.807) is 20.0 Å². The zero-order valence-electron chi connectivity index (χ0n) is 19.9. The Morgan fingerprint density at radius 3 is 2.86 bits per heavy atom. The Morgan fingerprint density at radius 2 is 2.17 bits per heavy atom. The van der Waals surface area contributed by atoms with Gasteiger partial charge in [0.25, 0.3) is 0 Å². The lowest BCUT2D eigenvalue weighted by Crippen LogP contribution is -2.36. The van der Waals surface area contributed by atoms with Crippen molar-refractivity contribution in [3.8, 4) is 12.1 Å². The van der Waals surface area contributed by atoms with Crippen molar-refractivity contribution in [2.45, 2.75) is 38.3 Å². The van der Waals surface area contributed by atoms with Gasteiger partial charge in [0.2, 0.25) is 5.13 Å². The normalized spacial score (nSPS) is 21.7. The topological polar surface area (TPSA) is 143 Å². The summed E-state index contributed by atoms with van der Waals surface area (Å²) in [5, 5.41) is 23.5. The van der Waals surface area contributed by atoms with Gasteiger partial charge in [0, 0.05) is 55.5 Å². The molecular weight excluding hydrogens is 468 g/mol. The molecule has 1 saturated carbocycles. The number of fused-ring (bicyclic) bond motifs is 2. The molecule has 3 N–H and O–H groups in total. The molecule has 2 aliphatic rings. The summed E-state index contributed by atoms with van der Waals surface area (Å²) in [6, 6.07) is 4.49. The smallest absolute Gasteiger partial charge is 0.330 e. The Kier molecular flexibility index (Phi) is 5.98. The first-order chi connectivity index (χ1) is 16.7. The molecule has 5 rings (SSSR count). The summed E-state index contributed by atoms with van der Waals surface area (Å²) in [6.45, 7) is 4.70. The number of ether oxygens (including phenoxy) is 1. The van der Waals surface area contributed by atoms with Crippen LogP contribution in [0.2, 0.25) is 0 Å². The molecule has 0 radical (unpaired) electrons. The highest BCUT2D eigenvalue weighted by Gasteiger charge is 2.44. The van der Waals surface area contributed by atoms with E-state index in [9.17, 15) is 15.2 Å². The molecule has 3 aromatic heterocycles. The molecule has 3 aromatic rings. The Morgan fingerprint density at radius 1 is 1.43 bits per heavy atom. The van der Waals surface area contributed by atoms with Gasteiger partial charge in [0.05, 0.1) is 16.9 Å². The van der Waals surface area contributed by atoms with Crippen molar-refractivity contribution in [1.29, 1.82) is 5.26 Å². The number of amides is 2. The van der Waals surface area contributed by atoms with E-state index < -0.39 is 5.60 Å². The monoisotopic (exact) mass is 496 g/mol. The molecular formula is C23H28N8O3S. The fourth-order valence-corrected chi connectivity index (χ4v) is 5.63. The maximum absolute atomic E-state index is 12.8. The molecule has 35 heavy (non-hydrogen) atoms. The van der Waals surface area contributed by atoms with E-state index in [1.165, 1.54) is 0 Å². The summed E-state index contributed by atoms with van der Waals surface area (Å²) >= 11 is 1.05. The van der Waals surface area contributed by atoms with Crippen molar-refractivity contribution in [2.75, 3.05) is 37.0 Å². The number of aromatic nitrogens is 4. The van der Waals surface area contributed by atoms with Crippen molar-refractivity contribution < 1.29 is 14.6 Å². The number of nitriles is 1. The molecule has 0 unspecified atom stereocenters. The first kappa shape index (κ1) is 23.3. The number of anilines is 2. The van der Waals surface area contributed by atoms with Gasteiger partial charge in [-0.2, -0.15) is 10.2 Å². The van der Waals surface area contributed by atoms with Crippen molar-refractivity contribution in [2.24, 2.45) is 11.8 Å². The first-order valence-corrected chi connectivity index (χ1v) is 12.3. The Labute approximate surface area is 206 Å². The Hall–Kier alpha value is -3.43. The minimum atomic E-state index is -0.991. The fourth-order valence-electron chi connectivity index (χ4n) is 5.12. The summed E-state index contributed by atoms with van der Waals surface area (Å²) in [7, 11) is 2.05. The molecule has 11 nitrogen and oxygen atoms in total. The second-order valence-electron chi connectivity index (χ2n) is 9.95. The van der Waals surface area contributed by atoms with Crippen LogP contribution in [0.15, 0.2) is 18.5 Å². The summed E-state index contributed by atoms with van der Waals surface area (Å²) in [5.41, 5.74) is 1.27. The van der Waals surface area contributed by atoms with Gasteiger partial charge in [-0.1, -0.05) is 0 Å². The van der Waals surface area contributed by atoms with Crippen LogP contribution in [0.4, 0.5) is 15.6 Å². The van der Waals surface area contributed by atoms with Gasteiger partial charge >= 0.3 is 12.0 Å². The van der Waals surface area contributed by atoms with Gasteiger partial charge in [0.1, 0.15) is 18.3 Å². The molecule has 0 bridgehead atoms. The molecule has 1 saturated heterocycles. The average molecular weight is 497 g/mol. The van der Waals surface area contributed by atoms with Crippen LogP contribution >= 0.6 is 11.5 Å². The van der Waals surface area contributed by atoms with Crippen LogP contribution in [0, 0.1) is 23.2 Å². The molecule has 1 aliphatic heterocycles. The number of carbonyl (C=O) groups is 1. The van der Waals surface area contributed by atoms with Crippen LogP contribution in [0.1, 0.15) is 32.3 Å². The number of H-pyrrole nitrogens is 1. The maximum Gasteiger partial charge on any atom is 0.330 e. The summed E-state index contributed by atoms with van der Waals surface area (Å²) in [4.78, 5) is 28.5. The SMILES string of the molecule is CN(c1c(C#N)cnc2[nH]ccc12)[C@@H]1C[C@@H]2CN(C(=O)Nc3nc(OCC(C)(C)O)ns3)C[C@@H]2C1. The predicted molar refractivity (Wildman–Crippen MR) is 132 cm³/mol. The van der Waals surface area contributed by atoms with E-state index in [4.69, 9.17) is 4.74 Å². The number of carbonyl (C=O) groups excluding carboxylic acids is 1. The van der Waals surface area contributed by atoms with Crippen molar-refractivity contribution >= 4 is 39.4 Å². The number of rotatable bonds is 6. The second-order valence-corrected chi connectivity index (χ2v) is 10.7. The van der Waals surface area contributed by atoms with Gasteiger partial charge < -0.3 is 24.6 Å². The molecule has 2 fully saturated rings. The number of hydrogen-bond acceptors (Lipinski definition) is 9. The van der Waals surface area contributed by atoms with Gasteiger partial charge in [-0.25, -0.2) is 9.78 Å². The predicted octanol–water partition coefficient (Wildman–Crippen LogP) is 2.81. The van der Waals surface area contributed by atoms with E-state index in [0.717, 1.165) is 41.1 Å². The van der Waals surface area contributed by atoms with E-state index in [1.807, 2.05) is 24.2 Å². The summed E-state index contributed by atoms with van der Waals surface area (Å²) < 4.78 is 9.45. The van der Waals surface area contributed by atoms with Crippen LogP contribution in [-0.4, -0.2) is 73.7 Å². The van der Waals surface area contributed by atoms with Crippen LogP contribution in [0.5, 0.6) is 6.01 Å². The zero-order chi connectivity index (χ0) is 24.7. The standard InChI is InChI=1S/C23H28N8O3S/c1-23(2,33)12-34-20-27-21(35-29-20)28-22(32)31-10-13-6-16(7-14(13)11-31)30(3)18-15(8-24)9-26-19-17(18)4-5-25-19/h4-5,9,13-14,16,33H,6-7,10-12H2,1-3H3,(H,25,26)(H,27,28,29,32)/t13-,14+,16-. The molecule has 0 spiro atoms. The molecule has 0 aromatic carbocycles. The third kappa shape index (κ3) is 4.74. The van der Waals surface area contributed by atoms with Crippen LogP contribution in [0.3, 0.4) is 0 Å². The number of hydrogen-bond donors (Lipinski definition) is 3. The zero-order valence-corrected chi connectivity index (χ0v) is 20.7. The average Bonchev–Trinajstić information content (AvgIpc) is 3.59. The lowest BCUT2D eigenvalue weighted by molar-refractivity contribution is 0.0255. The van der Waals surface area contributed by atoms with E-state index >= 15 is 0 Å². The number of nitrogens with zero attached hydrogens (tertiary/aromatic N) is 6. The minimum Gasteiger partial charge on any atom is -0.460 e. The molecule has 1 aliphatic carbocycles. The number of likely N-dealkylation sites (tertiary alicyclic amines) is 1. The quantitative estimate of drug-likeness (QED) is 0.473. The summed E-state index contributed by atoms with van der Waals surface area (Å²) in [6.07, 6.45) is 5.38. The highest BCUT2D eigenvalue weighted by Crippen LogP contribution is 2.42. The largest absolute Gasteiger partial charge is 0.460 e. The van der Waals surface area contributed by atoms with E-state index in [-0.39, 0.29) is 18.6 Å². The highest BCUT2D eigenvalue weighted by molar-refractivity contribution is 7.10. The van der Waals surface area contributed by atoms with Gasteiger partial charge in [-0.15, -0.1) is 4.37 Å². The van der Waals surface area contributed by atoms with Gasteiger partial charge in [-0.05, 0) is 44.6 Å². The number of nitrogens with one attached hydrogen (secondary N) is 2. The molecule has 4 heterocycles. The number of aliphatic hydroxyl groups is 1. The van der Waals surface area contributed by atoms with E-state index in [2.05, 4.69) is 35.6 Å². The van der Waals surface area contributed by atoms with E-state index in [0.29, 0.717) is 41.7 Å². The van der Waals surface area contributed by atoms with Crippen LogP contribution in [0.25, 0.3) is 11.0 Å². The minimum absolute atomic E-state index is 0.0627. The molecule has 184 valence electrons. The lowest BCUT2D eigenvalue weighted by atomic mass is 10.0. The Balaban J connectivity index is 1.19. The van der Waals surface area contributed by atoms with Crippen molar-refractivity contribution in [3.63, 3.8) is 0 Å². The number of aromatic amines is 1. The van der Waals surface area contributed by atoms with Crippen molar-refractivity contribution in [3.05, 3.63) is 24.0 Å². The van der Waals surface area contributed by atoms with Crippen molar-refractivity contribution in [1.82, 2.24) is 24.2 Å². The van der Waals surface area contributed by atoms with Crippen LogP contribution < -0.4 is 15.0 Å². The van der Waals surface area contributed by atoms with Crippen LogP contribution in [-0.2, 0) is 0 Å². The number of urea groups is 1. The second kappa shape index (κ2) is 8.98. The van der Waals surface area contributed by atoms with Gasteiger partial charge in [0.15, 0.2) is 0 Å². The number of pyridine rings is 1. The third-order valence-electron chi connectivity index (χ3n) is 6.77. The molecule has 3 atom stereocenters. The third-order valence-corrected chi connectivity index (χ3v) is 7.38. The molecule has 12 heteroatoms. The maximum atomic E-state index is 12.8. The Bertz CT molecular complexity index is 1260. The summed E-state index contributed by atoms with van der Waals surface area (Å²) in [5.74, 6) is 0.810.